The molecule has 0 fully saturated rings. The van der Waals surface area contributed by atoms with E-state index in [4.69, 9.17) is 5.11 Å². The van der Waals surface area contributed by atoms with Gasteiger partial charge in [0.25, 0.3) is 0 Å². The van der Waals surface area contributed by atoms with Gasteiger partial charge in [-0.25, -0.2) is 8.42 Å². The van der Waals surface area contributed by atoms with E-state index in [1.54, 1.807) is 0 Å². The van der Waals surface area contributed by atoms with Crippen LogP contribution in [-0.4, -0.2) is 31.3 Å². The van der Waals surface area contributed by atoms with Crippen molar-refractivity contribution in [1.29, 1.82) is 0 Å². The highest BCUT2D eigenvalue weighted by Gasteiger charge is 2.21. The first-order valence-corrected chi connectivity index (χ1v) is 6.58. The van der Waals surface area contributed by atoms with E-state index in [-0.39, 0.29) is 16.2 Å². The van der Waals surface area contributed by atoms with Crippen molar-refractivity contribution in [3.8, 4) is 0 Å². The third kappa shape index (κ3) is 3.38. The third-order valence-corrected chi connectivity index (χ3v) is 3.79. The van der Waals surface area contributed by atoms with Crippen LogP contribution in [0.4, 0.5) is 0 Å². The Balaban J connectivity index is 3.09. The first kappa shape index (κ1) is 14.3. The number of carboxylic acids is 1. The van der Waals surface area contributed by atoms with Gasteiger partial charge in [-0.3, -0.25) is 9.59 Å². The maximum atomic E-state index is 11.8. The van der Waals surface area contributed by atoms with E-state index in [9.17, 15) is 18.0 Å². The average Bonchev–Trinajstić information content (AvgIpc) is 2.28. The second-order valence-corrected chi connectivity index (χ2v) is 5.48. The normalized spacial score (nSPS) is 13.0. The topological polar surface area (TPSA) is 101 Å². The molecule has 1 aromatic carbocycles. The number of aliphatic carboxylic acids is 1. The molecule has 98 valence electrons. The van der Waals surface area contributed by atoms with Crippen LogP contribution in [-0.2, 0) is 14.8 Å². The van der Waals surface area contributed by atoms with Crippen molar-refractivity contribution in [2.45, 2.75) is 24.8 Å². The highest BCUT2D eigenvalue weighted by atomic mass is 32.2. The molecule has 1 rings (SSSR count). The first-order valence-electron chi connectivity index (χ1n) is 5.10. The molecule has 18 heavy (non-hydrogen) atoms. The van der Waals surface area contributed by atoms with Crippen molar-refractivity contribution < 1.29 is 23.1 Å². The van der Waals surface area contributed by atoms with Gasteiger partial charge in [0.1, 0.15) is 6.04 Å². The minimum absolute atomic E-state index is 0.136. The number of hydrogen-bond acceptors (Lipinski definition) is 4. The van der Waals surface area contributed by atoms with E-state index in [0.717, 1.165) is 0 Å². The number of Topliss-reactive ketones (excluding diaryl/α,β-unsaturated/α-hetero) is 1. The lowest BCUT2D eigenvalue weighted by molar-refractivity contribution is -0.138. The van der Waals surface area contributed by atoms with Crippen LogP contribution in [0.5, 0.6) is 0 Å². The van der Waals surface area contributed by atoms with Crippen LogP contribution in [0.15, 0.2) is 29.2 Å². The van der Waals surface area contributed by atoms with Gasteiger partial charge in [-0.2, -0.15) is 4.72 Å². The van der Waals surface area contributed by atoms with Crippen molar-refractivity contribution in [3.63, 3.8) is 0 Å². The van der Waals surface area contributed by atoms with Crippen molar-refractivity contribution in [2.75, 3.05) is 0 Å². The second kappa shape index (κ2) is 5.28. The fourth-order valence-electron chi connectivity index (χ4n) is 1.23. The Morgan fingerprint density at radius 2 is 1.94 bits per heavy atom. The monoisotopic (exact) mass is 271 g/mol. The summed E-state index contributed by atoms with van der Waals surface area (Å²) in [6.45, 7) is 2.54. The summed E-state index contributed by atoms with van der Waals surface area (Å²) in [4.78, 5) is 21.6. The molecule has 0 bridgehead atoms. The van der Waals surface area contributed by atoms with Gasteiger partial charge in [0, 0.05) is 5.56 Å². The summed E-state index contributed by atoms with van der Waals surface area (Å²) < 4.78 is 25.7. The molecule has 0 aliphatic heterocycles. The molecule has 0 saturated carbocycles. The molecular weight excluding hydrogens is 258 g/mol. The number of sulfonamides is 1. The van der Waals surface area contributed by atoms with E-state index >= 15 is 0 Å². The van der Waals surface area contributed by atoms with E-state index in [2.05, 4.69) is 0 Å². The lowest BCUT2D eigenvalue weighted by atomic mass is 10.2. The number of carbonyl (C=O) groups excluding carboxylic acids is 1. The fraction of sp³-hybridized carbons (Fsp3) is 0.273. The van der Waals surface area contributed by atoms with Crippen molar-refractivity contribution in [1.82, 2.24) is 4.72 Å². The number of rotatable bonds is 5. The molecule has 0 saturated heterocycles. The molecule has 0 radical (unpaired) electrons. The van der Waals surface area contributed by atoms with Crippen LogP contribution in [0, 0.1) is 0 Å². The van der Waals surface area contributed by atoms with Gasteiger partial charge in [0.05, 0.1) is 4.90 Å². The smallest absolute Gasteiger partial charge is 0.321 e. The number of nitrogens with one attached hydrogen (secondary N) is 1. The molecule has 0 heterocycles. The van der Waals surface area contributed by atoms with E-state index in [1.807, 2.05) is 4.72 Å². The molecule has 0 aliphatic carbocycles. The minimum atomic E-state index is -3.94. The maximum Gasteiger partial charge on any atom is 0.321 e. The van der Waals surface area contributed by atoms with Crippen molar-refractivity contribution in [3.05, 3.63) is 29.8 Å². The summed E-state index contributed by atoms with van der Waals surface area (Å²) in [5.41, 5.74) is 0.251. The molecule has 1 aromatic rings. The van der Waals surface area contributed by atoms with Gasteiger partial charge >= 0.3 is 5.97 Å². The SMILES string of the molecule is CC(=O)c1cccc(S(=O)(=O)N[C@@H](C)C(=O)O)c1. The first-order chi connectivity index (χ1) is 8.24. The summed E-state index contributed by atoms with van der Waals surface area (Å²) in [7, 11) is -3.94. The zero-order valence-corrected chi connectivity index (χ0v) is 10.7. The Bertz CT molecular complexity index is 579. The number of carboxylic acid groups (broad SMARTS) is 1. The molecule has 2 N–H and O–H groups in total. The van der Waals surface area contributed by atoms with Gasteiger partial charge in [0.15, 0.2) is 5.78 Å². The van der Waals surface area contributed by atoms with Crippen LogP contribution in [0.1, 0.15) is 24.2 Å². The highest BCUT2D eigenvalue weighted by molar-refractivity contribution is 7.89. The Morgan fingerprint density at radius 3 is 2.44 bits per heavy atom. The lowest BCUT2D eigenvalue weighted by Crippen LogP contribution is -2.38. The Morgan fingerprint density at radius 1 is 1.33 bits per heavy atom. The maximum absolute atomic E-state index is 11.8. The predicted molar refractivity (Wildman–Crippen MR) is 63.9 cm³/mol. The largest absolute Gasteiger partial charge is 0.480 e. The third-order valence-electron chi connectivity index (χ3n) is 2.25. The Kier molecular flexibility index (Phi) is 4.20. The van der Waals surface area contributed by atoms with Crippen molar-refractivity contribution in [2.24, 2.45) is 0 Å². The van der Waals surface area contributed by atoms with Gasteiger partial charge in [0.2, 0.25) is 10.0 Å². The molecule has 0 aliphatic rings. The summed E-state index contributed by atoms with van der Waals surface area (Å²) in [6.07, 6.45) is 0. The van der Waals surface area contributed by atoms with Crippen LogP contribution < -0.4 is 4.72 Å². The zero-order chi connectivity index (χ0) is 13.9. The van der Waals surface area contributed by atoms with Crippen molar-refractivity contribution >= 4 is 21.8 Å². The van der Waals surface area contributed by atoms with Crippen LogP contribution >= 0.6 is 0 Å². The summed E-state index contributed by atoms with van der Waals surface area (Å²) in [5.74, 6) is -1.54. The predicted octanol–water partition coefficient (Wildman–Crippen LogP) is 0.641. The number of benzene rings is 1. The zero-order valence-electron chi connectivity index (χ0n) is 9.88. The molecule has 6 nitrogen and oxygen atoms in total. The average molecular weight is 271 g/mol. The standard InChI is InChI=1S/C11H13NO5S/c1-7(11(14)15)12-18(16,17)10-5-3-4-9(6-10)8(2)13/h3-7,12H,1-2H3,(H,14,15)/t7-/m0/s1. The summed E-state index contributed by atoms with van der Waals surface area (Å²) >= 11 is 0. The van der Waals surface area contributed by atoms with Gasteiger partial charge in [-0.1, -0.05) is 12.1 Å². The lowest BCUT2D eigenvalue weighted by Gasteiger charge is -2.10. The number of ketones is 1. The fourth-order valence-corrected chi connectivity index (χ4v) is 2.48. The van der Waals surface area contributed by atoms with E-state index in [0.29, 0.717) is 0 Å². The highest BCUT2D eigenvalue weighted by Crippen LogP contribution is 2.12. The summed E-state index contributed by atoms with van der Waals surface area (Å²) in [5, 5.41) is 8.65. The molecule has 0 aromatic heterocycles. The minimum Gasteiger partial charge on any atom is -0.480 e. The Labute approximate surface area is 105 Å². The molecule has 0 spiro atoms. The molecular formula is C11H13NO5S. The molecule has 1 atom stereocenters. The van der Waals surface area contributed by atoms with Crippen LogP contribution in [0.25, 0.3) is 0 Å². The van der Waals surface area contributed by atoms with Crippen LogP contribution in [0.2, 0.25) is 0 Å². The molecule has 7 heteroatoms. The number of carbonyl (C=O) groups is 2. The quantitative estimate of drug-likeness (QED) is 0.765. The van der Waals surface area contributed by atoms with Gasteiger partial charge in [-0.05, 0) is 26.0 Å². The molecule has 0 unspecified atom stereocenters. The van der Waals surface area contributed by atoms with Gasteiger partial charge < -0.3 is 5.11 Å². The Hall–Kier alpha value is -1.73. The molecule has 0 amide bonds. The summed E-state index contributed by atoms with van der Waals surface area (Å²) in [6, 6.07) is 4.18. The van der Waals surface area contributed by atoms with Gasteiger partial charge in [-0.15, -0.1) is 0 Å². The number of hydrogen-bond donors (Lipinski definition) is 2. The van der Waals surface area contributed by atoms with E-state index in [1.165, 1.54) is 38.1 Å². The van der Waals surface area contributed by atoms with E-state index < -0.39 is 22.0 Å². The van der Waals surface area contributed by atoms with Crippen LogP contribution in [0.3, 0.4) is 0 Å². The second-order valence-electron chi connectivity index (χ2n) is 3.77.